The van der Waals surface area contributed by atoms with E-state index in [0.717, 1.165) is 24.9 Å². The average molecular weight is 320 g/mol. The van der Waals surface area contributed by atoms with Crippen molar-refractivity contribution in [3.05, 3.63) is 35.9 Å². The zero-order valence-corrected chi connectivity index (χ0v) is 13.9. The molecule has 0 aromatic heterocycles. The monoisotopic (exact) mass is 319 g/mol. The van der Waals surface area contributed by atoms with Gasteiger partial charge in [-0.2, -0.15) is 0 Å². The Labute approximate surface area is 140 Å². The number of hydrogen-bond acceptors (Lipinski definition) is 1. The number of likely N-dealkylation sites (tertiary alicyclic amines) is 1. The van der Waals surface area contributed by atoms with E-state index in [9.17, 15) is 5.11 Å². The standard InChI is InChI=1S/C19H25NO.ClH/c21-19(18-11-12-18,17-9-4-3-5-10-17)13-8-16-20-14-6-1-2-7-15-20;/h3-5,9-10,18,21H,1-2,6-7,11-12,14-16H2;1H. The molecule has 1 unspecified atom stereocenters. The maximum atomic E-state index is 11.0. The highest BCUT2D eigenvalue weighted by atomic mass is 35.5. The molecule has 1 saturated carbocycles. The van der Waals surface area contributed by atoms with Crippen LogP contribution in [0.3, 0.4) is 0 Å². The molecule has 0 spiro atoms. The number of nitrogens with one attached hydrogen (secondary N) is 1. The van der Waals surface area contributed by atoms with E-state index in [2.05, 4.69) is 11.8 Å². The summed E-state index contributed by atoms with van der Waals surface area (Å²) in [7, 11) is 0. The minimum absolute atomic E-state index is 0. The smallest absolute Gasteiger partial charge is 0.153 e. The van der Waals surface area contributed by atoms with Crippen LogP contribution < -0.4 is 17.3 Å². The first-order chi connectivity index (χ1) is 10.3. The molecule has 0 bridgehead atoms. The summed E-state index contributed by atoms with van der Waals surface area (Å²) in [5, 5.41) is 11.0. The summed E-state index contributed by atoms with van der Waals surface area (Å²) in [4.78, 5) is 1.59. The second kappa shape index (κ2) is 8.02. The molecular weight excluding hydrogens is 294 g/mol. The zero-order chi connectivity index (χ0) is 14.5. The first-order valence-corrected chi connectivity index (χ1v) is 8.40. The van der Waals surface area contributed by atoms with Gasteiger partial charge in [-0.1, -0.05) is 36.3 Å². The SMILES string of the molecule is OC(C#CC[NH+]1CCCCCC1)(c1ccccc1)C1CC1.[Cl-]. The van der Waals surface area contributed by atoms with Crippen LogP contribution in [0.25, 0.3) is 0 Å². The lowest BCUT2D eigenvalue weighted by Crippen LogP contribution is -3.11. The zero-order valence-electron chi connectivity index (χ0n) is 13.2. The van der Waals surface area contributed by atoms with Crippen molar-refractivity contribution in [2.75, 3.05) is 19.6 Å². The Kier molecular flexibility index (Phi) is 6.32. The van der Waals surface area contributed by atoms with Gasteiger partial charge in [0, 0.05) is 5.92 Å². The second-order valence-corrected chi connectivity index (χ2v) is 6.55. The molecule has 2 aliphatic rings. The molecule has 22 heavy (non-hydrogen) atoms. The lowest BCUT2D eigenvalue weighted by atomic mass is 9.89. The molecule has 1 atom stereocenters. The van der Waals surface area contributed by atoms with Crippen LogP contribution in [0.1, 0.15) is 44.1 Å². The molecule has 2 N–H and O–H groups in total. The third kappa shape index (κ3) is 4.26. The largest absolute Gasteiger partial charge is 1.00 e. The van der Waals surface area contributed by atoms with E-state index in [1.165, 1.54) is 38.8 Å². The fourth-order valence-corrected chi connectivity index (χ4v) is 3.31. The van der Waals surface area contributed by atoms with Crippen LogP contribution in [0.5, 0.6) is 0 Å². The van der Waals surface area contributed by atoms with Crippen LogP contribution in [0.4, 0.5) is 0 Å². The highest BCUT2D eigenvalue weighted by Gasteiger charge is 2.44. The Morgan fingerprint density at radius 2 is 1.68 bits per heavy atom. The highest BCUT2D eigenvalue weighted by Crippen LogP contribution is 2.45. The molecule has 1 aliphatic heterocycles. The van der Waals surface area contributed by atoms with Gasteiger partial charge in [0.05, 0.1) is 13.1 Å². The van der Waals surface area contributed by atoms with Crippen LogP contribution >= 0.6 is 0 Å². The van der Waals surface area contributed by atoms with Crippen LogP contribution in [0.15, 0.2) is 30.3 Å². The van der Waals surface area contributed by atoms with E-state index in [0.29, 0.717) is 5.92 Å². The van der Waals surface area contributed by atoms with Gasteiger partial charge < -0.3 is 22.4 Å². The summed E-state index contributed by atoms with van der Waals surface area (Å²) >= 11 is 0. The lowest BCUT2D eigenvalue weighted by molar-refractivity contribution is -0.891. The van der Waals surface area contributed by atoms with E-state index in [-0.39, 0.29) is 12.4 Å². The first kappa shape index (κ1) is 17.3. The Bertz CT molecular complexity index is 509. The van der Waals surface area contributed by atoms with Crippen molar-refractivity contribution in [2.24, 2.45) is 5.92 Å². The van der Waals surface area contributed by atoms with Crippen molar-refractivity contribution < 1.29 is 22.4 Å². The van der Waals surface area contributed by atoms with E-state index in [1.807, 2.05) is 30.3 Å². The molecule has 1 aromatic rings. The molecule has 0 amide bonds. The van der Waals surface area contributed by atoms with Crippen LogP contribution in [-0.2, 0) is 5.60 Å². The highest BCUT2D eigenvalue weighted by molar-refractivity contribution is 5.34. The van der Waals surface area contributed by atoms with Crippen molar-refractivity contribution >= 4 is 0 Å². The van der Waals surface area contributed by atoms with Crippen LogP contribution in [0.2, 0.25) is 0 Å². The number of benzene rings is 1. The summed E-state index contributed by atoms with van der Waals surface area (Å²) in [6.07, 6.45) is 7.57. The van der Waals surface area contributed by atoms with Crippen molar-refractivity contribution in [1.82, 2.24) is 0 Å². The van der Waals surface area contributed by atoms with Gasteiger partial charge in [0.25, 0.3) is 0 Å². The minimum Gasteiger partial charge on any atom is -1.00 e. The molecule has 2 fully saturated rings. The molecule has 120 valence electrons. The molecule has 1 aliphatic carbocycles. The summed E-state index contributed by atoms with van der Waals surface area (Å²) in [6, 6.07) is 9.98. The molecule has 2 nitrogen and oxygen atoms in total. The maximum Gasteiger partial charge on any atom is 0.153 e. The van der Waals surface area contributed by atoms with Gasteiger partial charge in [0.2, 0.25) is 0 Å². The third-order valence-electron chi connectivity index (χ3n) is 4.81. The average Bonchev–Trinajstić information content (AvgIpc) is 3.36. The van der Waals surface area contributed by atoms with Gasteiger partial charge in [-0.3, -0.25) is 0 Å². The Balaban J connectivity index is 0.00000176. The quantitative estimate of drug-likeness (QED) is 0.669. The summed E-state index contributed by atoms with van der Waals surface area (Å²) in [5.41, 5.74) is 0.0397. The van der Waals surface area contributed by atoms with Gasteiger partial charge >= 0.3 is 0 Å². The maximum absolute atomic E-state index is 11.0. The summed E-state index contributed by atoms with van der Waals surface area (Å²) in [5.74, 6) is 6.86. The van der Waals surface area contributed by atoms with Crippen LogP contribution in [-0.4, -0.2) is 24.7 Å². The first-order valence-electron chi connectivity index (χ1n) is 8.40. The molecule has 1 aromatic carbocycles. The van der Waals surface area contributed by atoms with E-state index < -0.39 is 5.60 Å². The Hall–Kier alpha value is -1.01. The minimum atomic E-state index is -0.924. The van der Waals surface area contributed by atoms with Gasteiger partial charge in [-0.25, -0.2) is 0 Å². The van der Waals surface area contributed by atoms with Crippen molar-refractivity contribution in [2.45, 2.75) is 44.1 Å². The fourth-order valence-electron chi connectivity index (χ4n) is 3.31. The topological polar surface area (TPSA) is 24.7 Å². The predicted octanol–water partition coefficient (Wildman–Crippen LogP) is -1.25. The molecule has 0 radical (unpaired) electrons. The van der Waals surface area contributed by atoms with Crippen molar-refractivity contribution in [3.8, 4) is 11.8 Å². The summed E-state index contributed by atoms with van der Waals surface area (Å²) < 4.78 is 0. The van der Waals surface area contributed by atoms with Gasteiger partial charge in [0.15, 0.2) is 5.60 Å². The molecular formula is C19H26ClNO. The van der Waals surface area contributed by atoms with E-state index in [4.69, 9.17) is 0 Å². The Morgan fingerprint density at radius 3 is 2.27 bits per heavy atom. The molecule has 3 heteroatoms. The van der Waals surface area contributed by atoms with E-state index in [1.54, 1.807) is 4.90 Å². The number of hydrogen-bond donors (Lipinski definition) is 2. The van der Waals surface area contributed by atoms with Crippen molar-refractivity contribution in [1.29, 1.82) is 0 Å². The number of halogens is 1. The normalized spacial score (nSPS) is 21.7. The number of rotatable bonds is 3. The molecule has 1 heterocycles. The molecule has 3 rings (SSSR count). The Morgan fingerprint density at radius 1 is 1.05 bits per heavy atom. The van der Waals surface area contributed by atoms with Gasteiger partial charge in [-0.05, 0) is 50.0 Å². The third-order valence-corrected chi connectivity index (χ3v) is 4.81. The lowest BCUT2D eigenvalue weighted by Gasteiger charge is -2.22. The van der Waals surface area contributed by atoms with Crippen LogP contribution in [0, 0.1) is 17.8 Å². The summed E-state index contributed by atoms with van der Waals surface area (Å²) in [6.45, 7) is 3.35. The predicted molar refractivity (Wildman–Crippen MR) is 84.9 cm³/mol. The number of aliphatic hydroxyl groups is 1. The van der Waals surface area contributed by atoms with Crippen molar-refractivity contribution in [3.63, 3.8) is 0 Å². The number of quaternary nitrogens is 1. The molecule has 1 saturated heterocycles. The van der Waals surface area contributed by atoms with Gasteiger partial charge in [0.1, 0.15) is 6.54 Å². The second-order valence-electron chi connectivity index (χ2n) is 6.55. The fraction of sp³-hybridized carbons (Fsp3) is 0.579. The van der Waals surface area contributed by atoms with E-state index >= 15 is 0 Å². The van der Waals surface area contributed by atoms with Gasteiger partial charge in [-0.15, -0.1) is 0 Å².